The summed E-state index contributed by atoms with van der Waals surface area (Å²) in [7, 11) is 0. The third-order valence-electron chi connectivity index (χ3n) is 2.04. The predicted molar refractivity (Wildman–Crippen MR) is 60.4 cm³/mol. The molecule has 1 aromatic carbocycles. The van der Waals surface area contributed by atoms with Crippen molar-refractivity contribution >= 4 is 11.4 Å². The van der Waals surface area contributed by atoms with Crippen LogP contribution in [-0.2, 0) is 4.74 Å². The highest BCUT2D eigenvalue weighted by atomic mass is 19.1. The molecule has 0 spiro atoms. The van der Waals surface area contributed by atoms with Gasteiger partial charge >= 0.3 is 0 Å². The lowest BCUT2D eigenvalue weighted by atomic mass is 10.2. The number of hydrogen-bond donors (Lipinski definition) is 2. The molecule has 1 rings (SSSR count). The van der Waals surface area contributed by atoms with Gasteiger partial charge in [0.05, 0.1) is 11.4 Å². The van der Waals surface area contributed by atoms with Gasteiger partial charge in [-0.1, -0.05) is 6.07 Å². The van der Waals surface area contributed by atoms with Gasteiger partial charge in [0.15, 0.2) is 0 Å². The van der Waals surface area contributed by atoms with E-state index in [2.05, 4.69) is 5.32 Å². The zero-order valence-electron chi connectivity index (χ0n) is 8.92. The molecule has 0 unspecified atom stereocenters. The quantitative estimate of drug-likeness (QED) is 0.561. The van der Waals surface area contributed by atoms with E-state index in [0.29, 0.717) is 12.3 Å². The molecule has 0 radical (unpaired) electrons. The first kappa shape index (κ1) is 11.8. The van der Waals surface area contributed by atoms with Crippen LogP contribution in [0.1, 0.15) is 13.3 Å². The fourth-order valence-electron chi connectivity index (χ4n) is 1.23. The van der Waals surface area contributed by atoms with Gasteiger partial charge in [0.25, 0.3) is 0 Å². The normalized spacial score (nSPS) is 10.3. The molecule has 15 heavy (non-hydrogen) atoms. The van der Waals surface area contributed by atoms with Crippen molar-refractivity contribution in [1.82, 2.24) is 0 Å². The summed E-state index contributed by atoms with van der Waals surface area (Å²) in [6.07, 6.45) is 0.879. The monoisotopic (exact) mass is 212 g/mol. The highest BCUT2D eigenvalue weighted by Crippen LogP contribution is 2.20. The second-order valence-corrected chi connectivity index (χ2v) is 3.18. The minimum Gasteiger partial charge on any atom is -0.395 e. The Morgan fingerprint density at radius 2 is 2.27 bits per heavy atom. The van der Waals surface area contributed by atoms with Gasteiger partial charge in [-0.15, -0.1) is 0 Å². The van der Waals surface area contributed by atoms with Crippen LogP contribution < -0.4 is 11.1 Å². The van der Waals surface area contributed by atoms with Crippen LogP contribution in [-0.4, -0.2) is 19.8 Å². The number of nitrogens with two attached hydrogens (primary N) is 1. The van der Waals surface area contributed by atoms with Crippen molar-refractivity contribution in [2.24, 2.45) is 0 Å². The molecule has 0 aliphatic heterocycles. The zero-order valence-corrected chi connectivity index (χ0v) is 8.92. The lowest BCUT2D eigenvalue weighted by molar-refractivity contribution is 0.147. The van der Waals surface area contributed by atoms with Crippen LogP contribution in [0.2, 0.25) is 0 Å². The lowest BCUT2D eigenvalue weighted by Crippen LogP contribution is -2.08. The predicted octanol–water partition coefficient (Wildman–Crippen LogP) is 2.25. The van der Waals surface area contributed by atoms with E-state index in [1.165, 1.54) is 6.07 Å². The van der Waals surface area contributed by atoms with Crippen molar-refractivity contribution in [3.8, 4) is 0 Å². The molecule has 0 fully saturated rings. The molecule has 0 saturated heterocycles. The number of anilines is 2. The van der Waals surface area contributed by atoms with Gasteiger partial charge < -0.3 is 15.8 Å². The number of hydrogen-bond acceptors (Lipinski definition) is 3. The first-order chi connectivity index (χ1) is 7.25. The van der Waals surface area contributed by atoms with Crippen molar-refractivity contribution in [2.75, 3.05) is 30.8 Å². The Bertz CT molecular complexity index is 305. The van der Waals surface area contributed by atoms with Gasteiger partial charge in [0, 0.05) is 19.8 Å². The molecule has 0 bridgehead atoms. The average Bonchev–Trinajstić information content (AvgIpc) is 2.24. The molecule has 0 atom stereocenters. The van der Waals surface area contributed by atoms with Crippen molar-refractivity contribution in [2.45, 2.75) is 13.3 Å². The van der Waals surface area contributed by atoms with Crippen LogP contribution in [0.4, 0.5) is 15.8 Å². The molecular weight excluding hydrogens is 195 g/mol. The van der Waals surface area contributed by atoms with Crippen molar-refractivity contribution < 1.29 is 9.13 Å². The standard InChI is InChI=1S/C11H17FN2O/c1-2-15-8-4-7-14-10-6-3-5-9(12)11(10)13/h3,5-6,14H,2,4,7-8,13H2,1H3. The molecule has 3 nitrogen and oxygen atoms in total. The second kappa shape index (κ2) is 6.24. The maximum absolute atomic E-state index is 13.0. The van der Waals surface area contributed by atoms with Gasteiger partial charge in [0.2, 0.25) is 0 Å². The average molecular weight is 212 g/mol. The van der Waals surface area contributed by atoms with E-state index in [1.807, 2.05) is 6.92 Å². The Balaban J connectivity index is 2.34. The molecular formula is C11H17FN2O. The summed E-state index contributed by atoms with van der Waals surface area (Å²) < 4.78 is 18.2. The van der Waals surface area contributed by atoms with Crippen LogP contribution >= 0.6 is 0 Å². The molecule has 0 aromatic heterocycles. The van der Waals surface area contributed by atoms with Crippen LogP contribution in [0.15, 0.2) is 18.2 Å². The lowest BCUT2D eigenvalue weighted by Gasteiger charge is -2.09. The number of nitrogen functional groups attached to an aromatic ring is 1. The number of ether oxygens (including phenoxy) is 1. The smallest absolute Gasteiger partial charge is 0.148 e. The SMILES string of the molecule is CCOCCCNc1cccc(F)c1N. The third kappa shape index (κ3) is 3.75. The van der Waals surface area contributed by atoms with E-state index >= 15 is 0 Å². The summed E-state index contributed by atoms with van der Waals surface area (Å²) in [5.41, 5.74) is 6.37. The molecule has 0 aliphatic carbocycles. The molecule has 0 amide bonds. The maximum atomic E-state index is 13.0. The topological polar surface area (TPSA) is 47.3 Å². The number of benzene rings is 1. The fraction of sp³-hybridized carbons (Fsp3) is 0.455. The number of halogens is 1. The largest absolute Gasteiger partial charge is 0.395 e. The van der Waals surface area contributed by atoms with E-state index in [4.69, 9.17) is 10.5 Å². The Morgan fingerprint density at radius 3 is 3.00 bits per heavy atom. The number of rotatable bonds is 6. The van der Waals surface area contributed by atoms with Gasteiger partial charge in [-0.2, -0.15) is 0 Å². The summed E-state index contributed by atoms with van der Waals surface area (Å²) in [6.45, 7) is 4.12. The highest BCUT2D eigenvalue weighted by molar-refractivity contribution is 5.66. The molecule has 1 aromatic rings. The first-order valence-electron chi connectivity index (χ1n) is 5.11. The van der Waals surface area contributed by atoms with E-state index < -0.39 is 0 Å². The van der Waals surface area contributed by atoms with Gasteiger partial charge in [-0.05, 0) is 25.5 Å². The summed E-state index contributed by atoms with van der Waals surface area (Å²) in [5, 5.41) is 3.07. The molecule has 3 N–H and O–H groups in total. The van der Waals surface area contributed by atoms with Crippen LogP contribution in [0, 0.1) is 5.82 Å². The van der Waals surface area contributed by atoms with Gasteiger partial charge in [-0.25, -0.2) is 4.39 Å². The molecule has 4 heteroatoms. The highest BCUT2D eigenvalue weighted by Gasteiger charge is 2.02. The van der Waals surface area contributed by atoms with E-state index in [-0.39, 0.29) is 11.5 Å². The number of para-hydroxylation sites is 1. The summed E-state index contributed by atoms with van der Waals surface area (Å²) in [6, 6.07) is 4.75. The summed E-state index contributed by atoms with van der Waals surface area (Å²) >= 11 is 0. The molecule has 0 heterocycles. The molecule has 84 valence electrons. The Kier molecular flexibility index (Phi) is 4.90. The Morgan fingerprint density at radius 1 is 1.47 bits per heavy atom. The van der Waals surface area contributed by atoms with Crippen molar-refractivity contribution in [3.05, 3.63) is 24.0 Å². The second-order valence-electron chi connectivity index (χ2n) is 3.18. The van der Waals surface area contributed by atoms with E-state index in [0.717, 1.165) is 19.6 Å². The Hall–Kier alpha value is -1.29. The van der Waals surface area contributed by atoms with Crippen molar-refractivity contribution in [3.63, 3.8) is 0 Å². The first-order valence-corrected chi connectivity index (χ1v) is 5.11. The maximum Gasteiger partial charge on any atom is 0.148 e. The van der Waals surface area contributed by atoms with Gasteiger partial charge in [-0.3, -0.25) is 0 Å². The minimum absolute atomic E-state index is 0.175. The van der Waals surface area contributed by atoms with Crippen LogP contribution in [0.5, 0.6) is 0 Å². The van der Waals surface area contributed by atoms with E-state index in [1.54, 1.807) is 12.1 Å². The number of nitrogens with one attached hydrogen (secondary N) is 1. The minimum atomic E-state index is -0.384. The zero-order chi connectivity index (χ0) is 11.1. The van der Waals surface area contributed by atoms with Gasteiger partial charge in [0.1, 0.15) is 5.82 Å². The summed E-state index contributed by atoms with van der Waals surface area (Å²) in [5.74, 6) is -0.384. The van der Waals surface area contributed by atoms with Crippen molar-refractivity contribution in [1.29, 1.82) is 0 Å². The van der Waals surface area contributed by atoms with Crippen LogP contribution in [0.3, 0.4) is 0 Å². The van der Waals surface area contributed by atoms with E-state index in [9.17, 15) is 4.39 Å². The fourth-order valence-corrected chi connectivity index (χ4v) is 1.23. The summed E-state index contributed by atoms with van der Waals surface area (Å²) in [4.78, 5) is 0. The Labute approximate surface area is 89.4 Å². The van der Waals surface area contributed by atoms with Crippen LogP contribution in [0.25, 0.3) is 0 Å². The molecule has 0 aliphatic rings. The third-order valence-corrected chi connectivity index (χ3v) is 2.04. The molecule has 0 saturated carbocycles.